The van der Waals surface area contributed by atoms with Gasteiger partial charge in [0.05, 0.1) is 5.52 Å². The SMILES string of the molecule is CCc1cc(NCCc2nncn2CC)c2ccccc2n1. The second-order valence-corrected chi connectivity index (χ2v) is 5.24. The van der Waals surface area contributed by atoms with Crippen molar-refractivity contribution in [3.8, 4) is 0 Å². The average molecular weight is 295 g/mol. The van der Waals surface area contributed by atoms with Crippen LogP contribution in [0.2, 0.25) is 0 Å². The summed E-state index contributed by atoms with van der Waals surface area (Å²) in [5.74, 6) is 1.02. The number of pyridine rings is 1. The fourth-order valence-corrected chi connectivity index (χ4v) is 2.60. The molecule has 0 atom stereocenters. The molecule has 0 saturated carbocycles. The summed E-state index contributed by atoms with van der Waals surface area (Å²) >= 11 is 0. The van der Waals surface area contributed by atoms with Crippen molar-refractivity contribution in [1.82, 2.24) is 19.7 Å². The lowest BCUT2D eigenvalue weighted by Gasteiger charge is -2.11. The molecule has 2 aromatic heterocycles. The van der Waals surface area contributed by atoms with Gasteiger partial charge in [0.1, 0.15) is 12.2 Å². The zero-order chi connectivity index (χ0) is 15.4. The molecule has 0 amide bonds. The van der Waals surface area contributed by atoms with E-state index in [9.17, 15) is 0 Å². The van der Waals surface area contributed by atoms with Gasteiger partial charge in [-0.3, -0.25) is 4.98 Å². The lowest BCUT2D eigenvalue weighted by molar-refractivity contribution is 0.698. The second-order valence-electron chi connectivity index (χ2n) is 5.24. The number of hydrogen-bond donors (Lipinski definition) is 1. The van der Waals surface area contributed by atoms with Gasteiger partial charge in [-0.15, -0.1) is 10.2 Å². The van der Waals surface area contributed by atoms with Crippen molar-refractivity contribution < 1.29 is 0 Å². The smallest absolute Gasteiger partial charge is 0.134 e. The van der Waals surface area contributed by atoms with Gasteiger partial charge >= 0.3 is 0 Å². The van der Waals surface area contributed by atoms with E-state index in [-0.39, 0.29) is 0 Å². The Morgan fingerprint density at radius 2 is 2.05 bits per heavy atom. The van der Waals surface area contributed by atoms with Crippen LogP contribution in [0.1, 0.15) is 25.4 Å². The Balaban J connectivity index is 1.78. The second kappa shape index (κ2) is 6.56. The largest absolute Gasteiger partial charge is 0.384 e. The van der Waals surface area contributed by atoms with Crippen molar-refractivity contribution in [2.45, 2.75) is 33.2 Å². The molecule has 3 aromatic rings. The zero-order valence-electron chi connectivity index (χ0n) is 13.1. The Morgan fingerprint density at radius 1 is 1.18 bits per heavy atom. The maximum Gasteiger partial charge on any atom is 0.134 e. The van der Waals surface area contributed by atoms with Gasteiger partial charge < -0.3 is 9.88 Å². The molecule has 0 aliphatic carbocycles. The lowest BCUT2D eigenvalue weighted by atomic mass is 10.1. The predicted octanol–water partition coefficient (Wildman–Crippen LogP) is 3.06. The Kier molecular flexibility index (Phi) is 4.32. The van der Waals surface area contributed by atoms with Gasteiger partial charge in [-0.2, -0.15) is 0 Å². The van der Waals surface area contributed by atoms with E-state index in [0.29, 0.717) is 0 Å². The summed E-state index contributed by atoms with van der Waals surface area (Å²) in [5.41, 5.74) is 3.30. The van der Waals surface area contributed by atoms with Crippen LogP contribution in [-0.2, 0) is 19.4 Å². The van der Waals surface area contributed by atoms with Crippen LogP contribution in [0.5, 0.6) is 0 Å². The topological polar surface area (TPSA) is 55.6 Å². The summed E-state index contributed by atoms with van der Waals surface area (Å²) in [7, 11) is 0. The van der Waals surface area contributed by atoms with Crippen LogP contribution in [0.4, 0.5) is 5.69 Å². The minimum atomic E-state index is 0.829. The molecule has 0 saturated heterocycles. The summed E-state index contributed by atoms with van der Waals surface area (Å²) in [5, 5.41) is 12.8. The summed E-state index contributed by atoms with van der Waals surface area (Å²) in [6, 6.07) is 10.4. The number of para-hydroxylation sites is 1. The Morgan fingerprint density at radius 3 is 2.86 bits per heavy atom. The van der Waals surface area contributed by atoms with E-state index in [0.717, 1.165) is 54.0 Å². The highest BCUT2D eigenvalue weighted by Gasteiger charge is 2.06. The molecule has 0 aliphatic heterocycles. The van der Waals surface area contributed by atoms with Crippen molar-refractivity contribution in [3.05, 3.63) is 48.2 Å². The van der Waals surface area contributed by atoms with Crippen LogP contribution in [-0.4, -0.2) is 26.3 Å². The number of fused-ring (bicyclic) bond motifs is 1. The first-order valence-corrected chi connectivity index (χ1v) is 7.81. The molecule has 0 unspecified atom stereocenters. The first kappa shape index (κ1) is 14.5. The molecule has 5 heteroatoms. The monoisotopic (exact) mass is 295 g/mol. The quantitative estimate of drug-likeness (QED) is 0.759. The Hall–Kier alpha value is -2.43. The summed E-state index contributed by atoms with van der Waals surface area (Å²) in [6.07, 6.45) is 3.57. The number of hydrogen-bond acceptors (Lipinski definition) is 4. The molecule has 0 spiro atoms. The van der Waals surface area contributed by atoms with E-state index in [1.807, 2.05) is 6.07 Å². The van der Waals surface area contributed by atoms with Crippen LogP contribution in [0.25, 0.3) is 10.9 Å². The number of nitrogens with zero attached hydrogens (tertiary/aromatic N) is 4. The van der Waals surface area contributed by atoms with Crippen LogP contribution in [0.15, 0.2) is 36.7 Å². The molecular formula is C17H21N5. The predicted molar refractivity (Wildman–Crippen MR) is 89.0 cm³/mol. The van der Waals surface area contributed by atoms with Gasteiger partial charge in [0.25, 0.3) is 0 Å². The van der Waals surface area contributed by atoms with Gasteiger partial charge in [0, 0.05) is 36.3 Å². The highest BCUT2D eigenvalue weighted by Crippen LogP contribution is 2.23. The molecule has 2 heterocycles. The van der Waals surface area contributed by atoms with Crippen molar-refractivity contribution >= 4 is 16.6 Å². The molecule has 1 N–H and O–H groups in total. The van der Waals surface area contributed by atoms with E-state index < -0.39 is 0 Å². The zero-order valence-corrected chi connectivity index (χ0v) is 13.1. The van der Waals surface area contributed by atoms with Crippen molar-refractivity contribution in [2.75, 3.05) is 11.9 Å². The summed E-state index contributed by atoms with van der Waals surface area (Å²) < 4.78 is 2.07. The third kappa shape index (κ3) is 2.93. The first-order chi connectivity index (χ1) is 10.8. The molecule has 0 fully saturated rings. The standard InChI is InChI=1S/C17H21N5/c1-3-13-11-16(14-7-5-6-8-15(14)20-13)18-10-9-17-21-19-12-22(17)4-2/h5-8,11-12H,3-4,9-10H2,1-2H3,(H,18,20). The van der Waals surface area contributed by atoms with Gasteiger partial charge in [0.15, 0.2) is 0 Å². The van der Waals surface area contributed by atoms with Crippen LogP contribution >= 0.6 is 0 Å². The number of aromatic nitrogens is 4. The number of benzene rings is 1. The lowest BCUT2D eigenvalue weighted by Crippen LogP contribution is -2.10. The minimum absolute atomic E-state index is 0.829. The molecule has 0 radical (unpaired) electrons. The van der Waals surface area contributed by atoms with Gasteiger partial charge in [0.2, 0.25) is 0 Å². The van der Waals surface area contributed by atoms with E-state index >= 15 is 0 Å². The van der Waals surface area contributed by atoms with Crippen LogP contribution in [0, 0.1) is 0 Å². The van der Waals surface area contributed by atoms with Gasteiger partial charge in [-0.1, -0.05) is 25.1 Å². The number of rotatable bonds is 6. The van der Waals surface area contributed by atoms with Crippen LogP contribution < -0.4 is 5.32 Å². The fraction of sp³-hybridized carbons (Fsp3) is 0.353. The van der Waals surface area contributed by atoms with Crippen molar-refractivity contribution in [3.63, 3.8) is 0 Å². The molecule has 5 nitrogen and oxygen atoms in total. The Labute approximate surface area is 130 Å². The molecule has 3 rings (SSSR count). The number of aryl methyl sites for hydroxylation is 2. The first-order valence-electron chi connectivity index (χ1n) is 7.81. The van der Waals surface area contributed by atoms with E-state index in [2.05, 4.69) is 63.2 Å². The maximum atomic E-state index is 4.67. The molecule has 0 bridgehead atoms. The summed E-state index contributed by atoms with van der Waals surface area (Å²) in [6.45, 7) is 5.96. The molecule has 114 valence electrons. The van der Waals surface area contributed by atoms with Crippen LogP contribution in [0.3, 0.4) is 0 Å². The highest BCUT2D eigenvalue weighted by atomic mass is 15.3. The molecule has 0 aliphatic rings. The minimum Gasteiger partial charge on any atom is -0.384 e. The van der Waals surface area contributed by atoms with E-state index in [4.69, 9.17) is 0 Å². The van der Waals surface area contributed by atoms with Gasteiger partial charge in [-0.05, 0) is 25.5 Å². The summed E-state index contributed by atoms with van der Waals surface area (Å²) in [4.78, 5) is 4.67. The third-order valence-electron chi connectivity index (χ3n) is 3.83. The normalized spacial score (nSPS) is 11.0. The number of anilines is 1. The maximum absolute atomic E-state index is 4.67. The van der Waals surface area contributed by atoms with E-state index in [1.54, 1.807) is 6.33 Å². The van der Waals surface area contributed by atoms with Gasteiger partial charge in [-0.25, -0.2) is 0 Å². The Bertz CT molecular complexity index is 763. The average Bonchev–Trinajstić information content (AvgIpc) is 3.02. The third-order valence-corrected chi connectivity index (χ3v) is 3.83. The molecule has 22 heavy (non-hydrogen) atoms. The molecule has 1 aromatic carbocycles. The highest BCUT2D eigenvalue weighted by molar-refractivity contribution is 5.91. The van der Waals surface area contributed by atoms with Crippen molar-refractivity contribution in [2.24, 2.45) is 0 Å². The van der Waals surface area contributed by atoms with E-state index in [1.165, 1.54) is 0 Å². The molecular weight excluding hydrogens is 274 g/mol. The fourth-order valence-electron chi connectivity index (χ4n) is 2.60. The number of nitrogens with one attached hydrogen (secondary N) is 1. The van der Waals surface area contributed by atoms with Crippen molar-refractivity contribution in [1.29, 1.82) is 0 Å².